The minimum absolute atomic E-state index is 0.0193. The van der Waals surface area contributed by atoms with Gasteiger partial charge in [-0.2, -0.15) is 0 Å². The maximum Gasteiger partial charge on any atom is 0.239 e. The fraction of sp³-hybridized carbons (Fsp3) is 0.154. The van der Waals surface area contributed by atoms with Crippen LogP contribution in [0, 0.1) is 0 Å². The van der Waals surface area contributed by atoms with E-state index in [1.54, 1.807) is 18.2 Å². The van der Waals surface area contributed by atoms with E-state index < -0.39 is 10.0 Å². The normalized spacial score (nSPS) is 11.4. The first-order valence-corrected chi connectivity index (χ1v) is 8.21. The van der Waals surface area contributed by atoms with E-state index >= 15 is 0 Å². The Kier molecular flexibility index (Phi) is 4.73. The number of hydrogen-bond donors (Lipinski definition) is 1. The molecule has 1 aromatic heterocycles. The molecule has 2 rings (SSSR count). The molecule has 0 atom stereocenters. The third-order valence-electron chi connectivity index (χ3n) is 2.84. The molecule has 8 heteroatoms. The molecule has 0 saturated heterocycles. The van der Waals surface area contributed by atoms with Gasteiger partial charge in [0, 0.05) is 19.8 Å². The van der Waals surface area contributed by atoms with Gasteiger partial charge in [-0.05, 0) is 29.8 Å². The zero-order valence-electron chi connectivity index (χ0n) is 11.1. The van der Waals surface area contributed by atoms with Gasteiger partial charge in [0.15, 0.2) is 0 Å². The second-order valence-corrected chi connectivity index (χ2v) is 6.88. The zero-order valence-corrected chi connectivity index (χ0v) is 13.5. The number of hydrogen-bond acceptors (Lipinski definition) is 4. The van der Waals surface area contributed by atoms with Crippen molar-refractivity contribution in [2.45, 2.75) is 11.4 Å². The maximum absolute atomic E-state index is 11.2. The van der Waals surface area contributed by atoms with Gasteiger partial charge in [-0.1, -0.05) is 29.3 Å². The lowest BCUT2D eigenvalue weighted by molar-refractivity contribution is 0.597. The van der Waals surface area contributed by atoms with Crippen molar-refractivity contribution in [2.24, 2.45) is 5.14 Å². The molecular weight excluding hydrogens is 333 g/mol. The predicted molar refractivity (Wildman–Crippen MR) is 84.2 cm³/mol. The third kappa shape index (κ3) is 4.07. The van der Waals surface area contributed by atoms with Crippen molar-refractivity contribution in [3.05, 3.63) is 52.1 Å². The quantitative estimate of drug-likeness (QED) is 0.923. The summed E-state index contributed by atoms with van der Waals surface area (Å²) in [4.78, 5) is 5.92. The predicted octanol–water partition coefficient (Wildman–Crippen LogP) is 2.67. The highest BCUT2D eigenvalue weighted by atomic mass is 35.5. The van der Waals surface area contributed by atoms with Crippen LogP contribution in [0.15, 0.2) is 41.4 Å². The van der Waals surface area contributed by atoms with Crippen LogP contribution in [-0.2, 0) is 16.6 Å². The number of halogens is 2. The Hall–Kier alpha value is -1.34. The zero-order chi connectivity index (χ0) is 15.6. The molecule has 0 spiro atoms. The lowest BCUT2D eigenvalue weighted by Crippen LogP contribution is -2.18. The lowest BCUT2D eigenvalue weighted by atomic mass is 10.2. The van der Waals surface area contributed by atoms with Crippen LogP contribution in [-0.4, -0.2) is 20.4 Å². The Labute approximate surface area is 133 Å². The van der Waals surface area contributed by atoms with Crippen LogP contribution >= 0.6 is 23.2 Å². The minimum atomic E-state index is -3.73. The first kappa shape index (κ1) is 16.0. The Morgan fingerprint density at radius 2 is 1.90 bits per heavy atom. The summed E-state index contributed by atoms with van der Waals surface area (Å²) in [5.74, 6) is 0.619. The van der Waals surface area contributed by atoms with Crippen LogP contribution in [0.2, 0.25) is 10.0 Å². The fourth-order valence-electron chi connectivity index (χ4n) is 1.76. The molecule has 1 aromatic carbocycles. The number of nitrogens with zero attached hydrogens (tertiary/aromatic N) is 2. The van der Waals surface area contributed by atoms with Crippen molar-refractivity contribution in [1.29, 1.82) is 0 Å². The third-order valence-corrected chi connectivity index (χ3v) is 4.48. The Bertz CT molecular complexity index is 749. The van der Waals surface area contributed by atoms with Gasteiger partial charge in [-0.3, -0.25) is 0 Å². The number of benzene rings is 1. The summed E-state index contributed by atoms with van der Waals surface area (Å²) in [6, 6.07) is 8.38. The fourth-order valence-corrected chi connectivity index (χ4v) is 2.54. The van der Waals surface area contributed by atoms with Gasteiger partial charge in [0.2, 0.25) is 10.0 Å². The molecule has 0 saturated carbocycles. The van der Waals surface area contributed by atoms with E-state index in [2.05, 4.69) is 4.98 Å². The topological polar surface area (TPSA) is 76.3 Å². The Balaban J connectivity index is 2.16. The average molecular weight is 346 g/mol. The van der Waals surface area contributed by atoms with Gasteiger partial charge in [-0.25, -0.2) is 18.5 Å². The van der Waals surface area contributed by atoms with E-state index in [0.29, 0.717) is 22.4 Å². The van der Waals surface area contributed by atoms with E-state index in [9.17, 15) is 8.42 Å². The molecule has 0 amide bonds. The second-order valence-electron chi connectivity index (χ2n) is 4.50. The van der Waals surface area contributed by atoms with Crippen LogP contribution in [0.1, 0.15) is 5.56 Å². The number of nitrogens with two attached hydrogens (primary N) is 1. The van der Waals surface area contributed by atoms with Crippen LogP contribution in [0.4, 0.5) is 5.82 Å². The van der Waals surface area contributed by atoms with E-state index in [4.69, 9.17) is 28.3 Å². The molecule has 112 valence electrons. The summed E-state index contributed by atoms with van der Waals surface area (Å²) < 4.78 is 22.3. The molecule has 0 bridgehead atoms. The van der Waals surface area contributed by atoms with E-state index in [1.165, 1.54) is 12.3 Å². The van der Waals surface area contributed by atoms with Gasteiger partial charge in [0.25, 0.3) is 0 Å². The minimum Gasteiger partial charge on any atom is -0.355 e. The molecule has 0 aliphatic heterocycles. The highest BCUT2D eigenvalue weighted by molar-refractivity contribution is 7.89. The van der Waals surface area contributed by atoms with E-state index in [0.717, 1.165) is 5.56 Å². The van der Waals surface area contributed by atoms with Crippen LogP contribution in [0.25, 0.3) is 0 Å². The molecule has 0 fully saturated rings. The Morgan fingerprint density at radius 3 is 2.43 bits per heavy atom. The van der Waals surface area contributed by atoms with Gasteiger partial charge in [-0.15, -0.1) is 0 Å². The van der Waals surface area contributed by atoms with Crippen molar-refractivity contribution in [1.82, 2.24) is 4.98 Å². The van der Waals surface area contributed by atoms with E-state index in [-0.39, 0.29) is 4.90 Å². The van der Waals surface area contributed by atoms with Gasteiger partial charge >= 0.3 is 0 Å². The molecule has 5 nitrogen and oxygen atoms in total. The summed E-state index contributed by atoms with van der Waals surface area (Å²) in [6.45, 7) is 0.554. The van der Waals surface area contributed by atoms with Crippen LogP contribution in [0.5, 0.6) is 0 Å². The molecule has 21 heavy (non-hydrogen) atoms. The SMILES string of the molecule is CN(Cc1ccc(Cl)c(Cl)c1)c1ccc(S(N)(=O)=O)cn1. The van der Waals surface area contributed by atoms with Crippen molar-refractivity contribution in [3.63, 3.8) is 0 Å². The monoisotopic (exact) mass is 345 g/mol. The number of primary sulfonamides is 1. The number of rotatable bonds is 4. The number of pyridine rings is 1. The molecule has 2 aromatic rings. The number of sulfonamides is 1. The second kappa shape index (κ2) is 6.19. The molecule has 0 radical (unpaired) electrons. The standard InChI is InChI=1S/C13H13Cl2N3O2S/c1-18(8-9-2-4-11(14)12(15)6-9)13-5-3-10(7-17-13)21(16,19)20/h2-7H,8H2,1H3,(H2,16,19,20). The van der Waals surface area contributed by atoms with Crippen LogP contribution in [0.3, 0.4) is 0 Å². The largest absolute Gasteiger partial charge is 0.355 e. The summed E-state index contributed by atoms with van der Waals surface area (Å²) in [5, 5.41) is 6.01. The smallest absolute Gasteiger partial charge is 0.239 e. The number of anilines is 1. The maximum atomic E-state index is 11.2. The van der Waals surface area contributed by atoms with Crippen LogP contribution < -0.4 is 10.0 Å². The number of aromatic nitrogens is 1. The Morgan fingerprint density at radius 1 is 1.19 bits per heavy atom. The van der Waals surface area contributed by atoms with Crippen molar-refractivity contribution >= 4 is 39.0 Å². The molecule has 0 aliphatic carbocycles. The highest BCUT2D eigenvalue weighted by Crippen LogP contribution is 2.24. The summed E-state index contributed by atoms with van der Waals surface area (Å²) >= 11 is 11.8. The van der Waals surface area contributed by atoms with Crippen molar-refractivity contribution < 1.29 is 8.42 Å². The van der Waals surface area contributed by atoms with Crippen molar-refractivity contribution in [3.8, 4) is 0 Å². The van der Waals surface area contributed by atoms with Crippen molar-refractivity contribution in [2.75, 3.05) is 11.9 Å². The summed E-state index contributed by atoms with van der Waals surface area (Å²) in [6.07, 6.45) is 1.23. The highest BCUT2D eigenvalue weighted by Gasteiger charge is 2.10. The molecule has 0 aliphatic rings. The summed E-state index contributed by atoms with van der Waals surface area (Å²) in [5.41, 5.74) is 0.962. The summed E-state index contributed by atoms with van der Waals surface area (Å²) in [7, 11) is -1.89. The first-order chi connectivity index (χ1) is 9.77. The molecule has 2 N–H and O–H groups in total. The lowest BCUT2D eigenvalue weighted by Gasteiger charge is -2.18. The molecule has 0 unspecified atom stereocenters. The first-order valence-electron chi connectivity index (χ1n) is 5.91. The molecule has 1 heterocycles. The van der Waals surface area contributed by atoms with Gasteiger partial charge in [0.05, 0.1) is 10.0 Å². The van der Waals surface area contributed by atoms with Gasteiger partial charge < -0.3 is 4.90 Å². The van der Waals surface area contributed by atoms with Gasteiger partial charge in [0.1, 0.15) is 10.7 Å². The van der Waals surface area contributed by atoms with E-state index in [1.807, 2.05) is 18.0 Å². The molecular formula is C13H13Cl2N3O2S. The average Bonchev–Trinajstić information content (AvgIpc) is 2.42.